The molecule has 0 atom stereocenters. The molecule has 3 aromatic carbocycles. The number of methoxy groups -OCH3 is 1. The molecule has 7 nitrogen and oxygen atoms in total. The first-order valence-corrected chi connectivity index (χ1v) is 11.2. The molecule has 0 aliphatic carbocycles. The van der Waals surface area contributed by atoms with Crippen LogP contribution in [-0.4, -0.2) is 27.6 Å². The number of ether oxygens (including phenoxy) is 1. The first-order chi connectivity index (χ1) is 15.3. The molecule has 0 fully saturated rings. The fourth-order valence-corrected chi connectivity index (χ4v) is 3.75. The van der Waals surface area contributed by atoms with Crippen molar-refractivity contribution in [3.63, 3.8) is 0 Å². The summed E-state index contributed by atoms with van der Waals surface area (Å²) in [6.07, 6.45) is 1.65. The highest BCUT2D eigenvalue weighted by molar-refractivity contribution is 7.87. The van der Waals surface area contributed by atoms with Gasteiger partial charge in [-0.2, -0.15) is 13.5 Å². The third-order valence-electron chi connectivity index (χ3n) is 4.58. The number of benzene rings is 3. The first kappa shape index (κ1) is 23.0. The molecule has 0 saturated heterocycles. The summed E-state index contributed by atoms with van der Waals surface area (Å²) < 4.78 is 35.6. The van der Waals surface area contributed by atoms with Gasteiger partial charge in [0.25, 0.3) is 0 Å². The number of carbonyl (C=O) groups is 1. The molecule has 166 valence electrons. The monoisotopic (exact) mass is 452 g/mol. The SMILES string of the molecule is COc1cc(/C=N\NC(=O)Cc2ccc(C)cc2)ccc1OS(=O)(=O)c1ccc(C)cc1. The molecule has 1 amide bonds. The Hall–Kier alpha value is -3.65. The zero-order valence-corrected chi connectivity index (χ0v) is 18.8. The Kier molecular flexibility index (Phi) is 7.27. The number of amides is 1. The Labute approximate surface area is 187 Å². The minimum absolute atomic E-state index is 0.0482. The normalized spacial score (nSPS) is 11.3. The molecule has 0 spiro atoms. The Morgan fingerprint density at radius 3 is 2.19 bits per heavy atom. The molecule has 0 radical (unpaired) electrons. The molecule has 32 heavy (non-hydrogen) atoms. The van der Waals surface area contributed by atoms with Crippen molar-refractivity contribution in [3.8, 4) is 11.5 Å². The summed E-state index contributed by atoms with van der Waals surface area (Å²) in [6, 6.07) is 18.7. The van der Waals surface area contributed by atoms with Gasteiger partial charge in [0.1, 0.15) is 4.90 Å². The number of hydrazone groups is 1. The Morgan fingerprint density at radius 2 is 1.56 bits per heavy atom. The fourth-order valence-electron chi connectivity index (χ4n) is 2.81. The molecule has 0 heterocycles. The predicted octanol–water partition coefficient (Wildman–Crippen LogP) is 3.77. The van der Waals surface area contributed by atoms with Crippen LogP contribution < -0.4 is 14.3 Å². The lowest BCUT2D eigenvalue weighted by Crippen LogP contribution is -2.19. The second kappa shape index (κ2) is 10.1. The van der Waals surface area contributed by atoms with E-state index < -0.39 is 10.1 Å². The number of nitrogens with one attached hydrogen (secondary N) is 1. The van der Waals surface area contributed by atoms with Gasteiger partial charge in [-0.3, -0.25) is 4.79 Å². The van der Waals surface area contributed by atoms with E-state index in [2.05, 4.69) is 10.5 Å². The molecular weight excluding hydrogens is 428 g/mol. The van der Waals surface area contributed by atoms with Gasteiger partial charge >= 0.3 is 10.1 Å². The largest absolute Gasteiger partial charge is 0.493 e. The van der Waals surface area contributed by atoms with Gasteiger partial charge in [-0.1, -0.05) is 47.5 Å². The van der Waals surface area contributed by atoms with Gasteiger partial charge in [0, 0.05) is 0 Å². The molecule has 8 heteroatoms. The third-order valence-corrected chi connectivity index (χ3v) is 5.83. The van der Waals surface area contributed by atoms with Crippen molar-refractivity contribution in [3.05, 3.63) is 89.0 Å². The molecule has 3 aromatic rings. The first-order valence-electron chi connectivity index (χ1n) is 9.83. The number of carbonyl (C=O) groups excluding carboxylic acids is 1. The molecule has 0 saturated carbocycles. The molecular formula is C24H24N2O5S. The molecule has 1 N–H and O–H groups in total. The van der Waals surface area contributed by atoms with Crippen molar-refractivity contribution in [1.82, 2.24) is 5.43 Å². The van der Waals surface area contributed by atoms with Gasteiger partial charge in [-0.15, -0.1) is 0 Å². The molecule has 0 aliphatic rings. The summed E-state index contributed by atoms with van der Waals surface area (Å²) in [5.41, 5.74) is 6.02. The Balaban J connectivity index is 1.66. The summed E-state index contributed by atoms with van der Waals surface area (Å²) >= 11 is 0. The Morgan fingerprint density at radius 1 is 0.938 bits per heavy atom. The van der Waals surface area contributed by atoms with Gasteiger partial charge in [-0.25, -0.2) is 5.43 Å². The second-order valence-electron chi connectivity index (χ2n) is 7.22. The number of hydrogen-bond donors (Lipinski definition) is 1. The van der Waals surface area contributed by atoms with Crippen molar-refractivity contribution in [2.75, 3.05) is 7.11 Å². The highest BCUT2D eigenvalue weighted by atomic mass is 32.2. The summed E-state index contributed by atoms with van der Waals surface area (Å²) in [6.45, 7) is 3.85. The molecule has 0 aromatic heterocycles. The van der Waals surface area contributed by atoms with Crippen LogP contribution in [0.25, 0.3) is 0 Å². The van der Waals surface area contributed by atoms with Crippen LogP contribution in [0.5, 0.6) is 11.5 Å². The lowest BCUT2D eigenvalue weighted by atomic mass is 10.1. The molecule has 0 bridgehead atoms. The van der Waals surface area contributed by atoms with Crippen molar-refractivity contribution in [1.29, 1.82) is 0 Å². The zero-order valence-electron chi connectivity index (χ0n) is 18.0. The van der Waals surface area contributed by atoms with Gasteiger partial charge in [0.2, 0.25) is 5.91 Å². The lowest BCUT2D eigenvalue weighted by Gasteiger charge is -2.11. The lowest BCUT2D eigenvalue weighted by molar-refractivity contribution is -0.120. The average Bonchev–Trinajstić information content (AvgIpc) is 2.76. The minimum Gasteiger partial charge on any atom is -0.493 e. The zero-order chi connectivity index (χ0) is 23.1. The van der Waals surface area contributed by atoms with E-state index in [0.717, 1.165) is 16.7 Å². The number of nitrogens with zero attached hydrogens (tertiary/aromatic N) is 1. The fraction of sp³-hybridized carbons (Fsp3) is 0.167. The topological polar surface area (TPSA) is 94.1 Å². The highest BCUT2D eigenvalue weighted by Gasteiger charge is 2.19. The average molecular weight is 453 g/mol. The van der Waals surface area contributed by atoms with E-state index in [0.29, 0.717) is 5.56 Å². The summed E-state index contributed by atoms with van der Waals surface area (Å²) in [4.78, 5) is 12.1. The summed E-state index contributed by atoms with van der Waals surface area (Å²) in [7, 11) is -2.60. The third kappa shape index (κ3) is 6.18. The maximum Gasteiger partial charge on any atom is 0.339 e. The summed E-state index contributed by atoms with van der Waals surface area (Å²) in [5, 5.41) is 3.95. The smallest absolute Gasteiger partial charge is 0.339 e. The van der Waals surface area contributed by atoms with Crippen molar-refractivity contribution >= 4 is 22.2 Å². The van der Waals surface area contributed by atoms with Crippen molar-refractivity contribution < 1.29 is 22.1 Å². The van der Waals surface area contributed by atoms with Crippen molar-refractivity contribution in [2.45, 2.75) is 25.2 Å². The van der Waals surface area contributed by atoms with Crippen LogP contribution in [0, 0.1) is 13.8 Å². The van der Waals surface area contributed by atoms with Gasteiger partial charge in [0.05, 0.1) is 19.7 Å². The van der Waals surface area contributed by atoms with Crippen LogP contribution in [0.3, 0.4) is 0 Å². The highest BCUT2D eigenvalue weighted by Crippen LogP contribution is 2.30. The van der Waals surface area contributed by atoms with Crippen molar-refractivity contribution in [2.24, 2.45) is 5.10 Å². The van der Waals surface area contributed by atoms with Crippen LogP contribution in [0.4, 0.5) is 0 Å². The maximum absolute atomic E-state index is 12.5. The van der Waals surface area contributed by atoms with E-state index in [1.54, 1.807) is 24.3 Å². The minimum atomic E-state index is -4.01. The molecule has 0 aliphatic heterocycles. The second-order valence-corrected chi connectivity index (χ2v) is 8.76. The quantitative estimate of drug-likeness (QED) is 0.319. The van der Waals surface area contributed by atoms with E-state index in [-0.39, 0.29) is 28.7 Å². The van der Waals surface area contributed by atoms with E-state index in [4.69, 9.17) is 8.92 Å². The Bertz CT molecular complexity index is 1220. The van der Waals surface area contributed by atoms with E-state index in [9.17, 15) is 13.2 Å². The van der Waals surface area contributed by atoms with Gasteiger partial charge in [-0.05, 0) is 55.3 Å². The van der Waals surface area contributed by atoms with Crippen LogP contribution >= 0.6 is 0 Å². The number of hydrogen-bond acceptors (Lipinski definition) is 6. The van der Waals surface area contributed by atoms with E-state index in [1.165, 1.54) is 31.5 Å². The van der Waals surface area contributed by atoms with Crippen LogP contribution in [0.2, 0.25) is 0 Å². The molecule has 3 rings (SSSR count). The number of aryl methyl sites for hydroxylation is 2. The number of rotatable bonds is 8. The van der Waals surface area contributed by atoms with Crippen LogP contribution in [0.15, 0.2) is 76.7 Å². The standard InChI is InChI=1S/C24H24N2O5S/c1-17-4-8-19(9-5-17)15-24(27)26-25-16-20-10-13-22(23(14-20)30-3)31-32(28,29)21-11-6-18(2)7-12-21/h4-14,16H,15H2,1-3H3,(H,26,27)/b25-16-. The van der Waals surface area contributed by atoms with Crippen LogP contribution in [-0.2, 0) is 21.3 Å². The van der Waals surface area contributed by atoms with Gasteiger partial charge in [0.15, 0.2) is 11.5 Å². The maximum atomic E-state index is 12.5. The van der Waals surface area contributed by atoms with Crippen LogP contribution in [0.1, 0.15) is 22.3 Å². The van der Waals surface area contributed by atoms with Gasteiger partial charge < -0.3 is 8.92 Å². The summed E-state index contributed by atoms with van der Waals surface area (Å²) in [5.74, 6) is 0.0189. The van der Waals surface area contributed by atoms with E-state index >= 15 is 0 Å². The van der Waals surface area contributed by atoms with E-state index in [1.807, 2.05) is 38.1 Å². The molecule has 0 unspecified atom stereocenters. The predicted molar refractivity (Wildman–Crippen MR) is 123 cm³/mol.